The number of benzene rings is 1. The van der Waals surface area contributed by atoms with E-state index in [1.165, 1.54) is 12.1 Å². The minimum absolute atomic E-state index is 0.180. The fourth-order valence-corrected chi connectivity index (χ4v) is 1.70. The quantitative estimate of drug-likeness (QED) is 0.430. The van der Waals surface area contributed by atoms with Gasteiger partial charge in [0, 0.05) is 11.3 Å². The fraction of sp³-hybridized carbons (Fsp3) is 0.300. The van der Waals surface area contributed by atoms with Crippen molar-refractivity contribution in [1.29, 1.82) is 0 Å². The van der Waals surface area contributed by atoms with Gasteiger partial charge in [0.15, 0.2) is 6.10 Å². The second kappa shape index (κ2) is 3.88. The summed E-state index contributed by atoms with van der Waals surface area (Å²) in [7, 11) is 0. The molecule has 1 aliphatic rings. The third-order valence-electron chi connectivity index (χ3n) is 2.36. The number of rotatable bonds is 2. The topological polar surface area (TPSA) is 69.4 Å². The molecule has 1 unspecified atom stereocenters. The van der Waals surface area contributed by atoms with Gasteiger partial charge in [0.05, 0.1) is 5.56 Å². The van der Waals surface area contributed by atoms with Crippen LogP contribution < -0.4 is 0 Å². The molecule has 0 spiro atoms. The van der Waals surface area contributed by atoms with E-state index in [4.69, 9.17) is 4.74 Å². The van der Waals surface area contributed by atoms with Gasteiger partial charge in [-0.3, -0.25) is 10.1 Å². The van der Waals surface area contributed by atoms with Crippen LogP contribution in [0, 0.1) is 15.9 Å². The molecule has 1 heterocycles. The molecule has 1 atom stereocenters. The summed E-state index contributed by atoms with van der Waals surface area (Å²) in [6.07, 6.45) is -0.628. The van der Waals surface area contributed by atoms with Crippen LogP contribution in [0.15, 0.2) is 18.2 Å². The van der Waals surface area contributed by atoms with E-state index in [0.717, 1.165) is 6.07 Å². The lowest BCUT2D eigenvalue weighted by molar-refractivity contribution is -0.489. The van der Waals surface area contributed by atoms with Crippen molar-refractivity contribution in [2.24, 2.45) is 0 Å². The fourth-order valence-electron chi connectivity index (χ4n) is 1.70. The predicted molar refractivity (Wildman–Crippen MR) is 51.2 cm³/mol. The zero-order valence-electron chi connectivity index (χ0n) is 8.18. The maximum atomic E-state index is 12.9. The van der Waals surface area contributed by atoms with Crippen LogP contribution in [0.25, 0.3) is 0 Å². The molecule has 0 N–H and O–H groups in total. The largest absolute Gasteiger partial charge is 0.451 e. The molecule has 0 aromatic heterocycles. The van der Waals surface area contributed by atoms with Crippen LogP contribution in [-0.4, -0.2) is 23.5 Å². The summed E-state index contributed by atoms with van der Waals surface area (Å²) >= 11 is 0. The number of fused-ring (bicyclic) bond motifs is 1. The van der Waals surface area contributed by atoms with Crippen molar-refractivity contribution in [1.82, 2.24) is 0 Å². The maximum Gasteiger partial charge on any atom is 0.338 e. The zero-order valence-corrected chi connectivity index (χ0v) is 8.18. The molecule has 0 saturated heterocycles. The third-order valence-corrected chi connectivity index (χ3v) is 2.36. The van der Waals surface area contributed by atoms with Crippen LogP contribution in [0.3, 0.4) is 0 Å². The summed E-state index contributed by atoms with van der Waals surface area (Å²) in [5, 5.41) is 10.3. The number of carbonyl (C=O) groups is 1. The Balaban J connectivity index is 2.27. The Morgan fingerprint density at radius 3 is 3.00 bits per heavy atom. The first kappa shape index (κ1) is 10.5. The van der Waals surface area contributed by atoms with Gasteiger partial charge in [-0.1, -0.05) is 0 Å². The van der Waals surface area contributed by atoms with E-state index in [9.17, 15) is 19.3 Å². The second-order valence-electron chi connectivity index (χ2n) is 3.55. The highest BCUT2D eigenvalue weighted by molar-refractivity contribution is 5.92. The van der Waals surface area contributed by atoms with E-state index in [0.29, 0.717) is 5.56 Å². The Labute approximate surface area is 90.0 Å². The number of nitrogens with zero attached hydrogens (tertiary/aromatic N) is 1. The van der Waals surface area contributed by atoms with Crippen molar-refractivity contribution < 1.29 is 18.8 Å². The maximum absolute atomic E-state index is 12.9. The van der Waals surface area contributed by atoms with Gasteiger partial charge in [-0.25, -0.2) is 9.18 Å². The average molecular weight is 225 g/mol. The highest BCUT2D eigenvalue weighted by Crippen LogP contribution is 2.21. The summed E-state index contributed by atoms with van der Waals surface area (Å²) in [5.41, 5.74) is 0.740. The van der Waals surface area contributed by atoms with E-state index in [-0.39, 0.29) is 12.0 Å². The lowest BCUT2D eigenvalue weighted by Gasteiger charge is -2.21. The van der Waals surface area contributed by atoms with Crippen molar-refractivity contribution in [2.45, 2.75) is 12.5 Å². The molecule has 6 heteroatoms. The van der Waals surface area contributed by atoms with Gasteiger partial charge in [0.25, 0.3) is 0 Å². The van der Waals surface area contributed by atoms with Gasteiger partial charge in [-0.2, -0.15) is 0 Å². The number of carbonyl (C=O) groups excluding carboxylic acids is 1. The highest BCUT2D eigenvalue weighted by atomic mass is 19.1. The number of esters is 1. The summed E-state index contributed by atoms with van der Waals surface area (Å²) in [4.78, 5) is 21.2. The van der Waals surface area contributed by atoms with Crippen molar-refractivity contribution in [2.75, 3.05) is 6.54 Å². The Bertz CT molecular complexity index is 460. The van der Waals surface area contributed by atoms with E-state index in [1.54, 1.807) is 0 Å². The monoisotopic (exact) mass is 225 g/mol. The van der Waals surface area contributed by atoms with Crippen molar-refractivity contribution >= 4 is 5.97 Å². The smallest absolute Gasteiger partial charge is 0.338 e. The zero-order chi connectivity index (χ0) is 11.7. The van der Waals surface area contributed by atoms with Gasteiger partial charge in [0.2, 0.25) is 6.54 Å². The van der Waals surface area contributed by atoms with Crippen LogP contribution in [0.4, 0.5) is 4.39 Å². The van der Waals surface area contributed by atoms with Crippen molar-refractivity contribution in [3.63, 3.8) is 0 Å². The molecule has 0 saturated carbocycles. The minimum atomic E-state index is -0.809. The first-order chi connectivity index (χ1) is 7.56. The van der Waals surface area contributed by atoms with Crippen LogP contribution in [0.2, 0.25) is 0 Å². The van der Waals surface area contributed by atoms with Crippen LogP contribution in [0.1, 0.15) is 15.9 Å². The van der Waals surface area contributed by atoms with Gasteiger partial charge in [-0.05, 0) is 23.8 Å². The average Bonchev–Trinajstić information content (AvgIpc) is 2.15. The molecule has 1 aromatic carbocycles. The summed E-state index contributed by atoms with van der Waals surface area (Å²) < 4.78 is 17.8. The number of hydrogen-bond acceptors (Lipinski definition) is 4. The van der Waals surface area contributed by atoms with Crippen molar-refractivity contribution in [3.05, 3.63) is 45.3 Å². The lowest BCUT2D eigenvalue weighted by atomic mass is 9.98. The first-order valence-corrected chi connectivity index (χ1v) is 4.67. The molecule has 16 heavy (non-hydrogen) atoms. The number of hydrogen-bond donors (Lipinski definition) is 0. The van der Waals surface area contributed by atoms with Crippen LogP contribution >= 0.6 is 0 Å². The SMILES string of the molecule is O=C1OC(C[N+](=O)[O-])Cc2cc(F)ccc21. The number of cyclic esters (lactones) is 1. The Hall–Kier alpha value is -1.98. The molecule has 0 fully saturated rings. The van der Waals surface area contributed by atoms with E-state index >= 15 is 0 Å². The number of nitro groups is 1. The second-order valence-corrected chi connectivity index (χ2v) is 3.55. The van der Waals surface area contributed by atoms with Gasteiger partial charge >= 0.3 is 5.97 Å². The van der Waals surface area contributed by atoms with E-state index < -0.39 is 29.4 Å². The molecule has 1 aromatic rings. The number of halogens is 1. The van der Waals surface area contributed by atoms with Crippen LogP contribution in [-0.2, 0) is 11.2 Å². The predicted octanol–water partition coefficient (Wildman–Crippen LogP) is 1.18. The molecule has 0 amide bonds. The normalized spacial score (nSPS) is 18.8. The summed E-state index contributed by atoms with van der Waals surface area (Å²) in [5.74, 6) is -1.10. The molecular weight excluding hydrogens is 217 g/mol. The molecule has 0 aliphatic carbocycles. The summed E-state index contributed by atoms with van der Waals surface area (Å²) in [6, 6.07) is 3.70. The summed E-state index contributed by atoms with van der Waals surface area (Å²) in [6.45, 7) is -0.457. The standard InChI is InChI=1S/C10H8FNO4/c11-7-1-2-9-6(3-7)4-8(5-12(14)15)16-10(9)13/h1-3,8H,4-5H2. The van der Waals surface area contributed by atoms with Crippen LogP contribution in [0.5, 0.6) is 0 Å². The molecule has 5 nitrogen and oxygen atoms in total. The van der Waals surface area contributed by atoms with Crippen molar-refractivity contribution in [3.8, 4) is 0 Å². The lowest BCUT2D eigenvalue weighted by Crippen LogP contribution is -2.33. The molecule has 0 bridgehead atoms. The third kappa shape index (κ3) is 2.00. The molecule has 1 aliphatic heterocycles. The Kier molecular flexibility index (Phi) is 2.55. The van der Waals surface area contributed by atoms with Gasteiger partial charge < -0.3 is 4.74 Å². The molecule has 2 rings (SSSR count). The Morgan fingerprint density at radius 1 is 1.56 bits per heavy atom. The Morgan fingerprint density at radius 2 is 2.31 bits per heavy atom. The van der Waals surface area contributed by atoms with E-state index in [2.05, 4.69) is 0 Å². The number of ether oxygens (including phenoxy) is 1. The van der Waals surface area contributed by atoms with Gasteiger partial charge in [-0.15, -0.1) is 0 Å². The molecular formula is C10H8FNO4. The molecule has 0 radical (unpaired) electrons. The minimum Gasteiger partial charge on any atom is -0.451 e. The first-order valence-electron chi connectivity index (χ1n) is 4.67. The molecule has 84 valence electrons. The van der Waals surface area contributed by atoms with E-state index in [1.807, 2.05) is 0 Å². The highest BCUT2D eigenvalue weighted by Gasteiger charge is 2.29. The van der Waals surface area contributed by atoms with Gasteiger partial charge in [0.1, 0.15) is 5.82 Å².